The van der Waals surface area contributed by atoms with Gasteiger partial charge in [-0.15, -0.1) is 10.2 Å². The van der Waals surface area contributed by atoms with Gasteiger partial charge in [-0.05, 0) is 43.7 Å². The van der Waals surface area contributed by atoms with Crippen LogP contribution in [0.2, 0.25) is 0 Å². The predicted octanol–water partition coefficient (Wildman–Crippen LogP) is 2.71. The van der Waals surface area contributed by atoms with Crippen LogP contribution >= 0.6 is 0 Å². The molecule has 28 heavy (non-hydrogen) atoms. The van der Waals surface area contributed by atoms with Crippen LogP contribution in [-0.2, 0) is 0 Å². The molecule has 1 aliphatic rings. The summed E-state index contributed by atoms with van der Waals surface area (Å²) in [5, 5.41) is 10.6. The average Bonchev–Trinajstić information content (AvgIpc) is 3.12. The van der Waals surface area contributed by atoms with E-state index >= 15 is 0 Å². The molecule has 1 aliphatic heterocycles. The molecule has 0 saturated carbocycles. The Morgan fingerprint density at radius 1 is 1.00 bits per heavy atom. The molecule has 0 unspecified atom stereocenters. The minimum absolute atomic E-state index is 0.0753. The van der Waals surface area contributed by atoms with Gasteiger partial charge in [-0.1, -0.05) is 6.07 Å². The van der Waals surface area contributed by atoms with Gasteiger partial charge in [-0.3, -0.25) is 9.55 Å². The van der Waals surface area contributed by atoms with Gasteiger partial charge in [0.1, 0.15) is 12.7 Å². The zero-order valence-electron chi connectivity index (χ0n) is 15.8. The minimum Gasteiger partial charge on any atom is -0.370 e. The maximum Gasteiger partial charge on any atom is 0.321 e. The first-order valence-corrected chi connectivity index (χ1v) is 9.38. The van der Waals surface area contributed by atoms with E-state index in [9.17, 15) is 4.79 Å². The van der Waals surface area contributed by atoms with Crippen LogP contribution < -0.4 is 10.2 Å². The van der Waals surface area contributed by atoms with Crippen molar-refractivity contribution in [2.75, 3.05) is 36.4 Å². The highest BCUT2D eigenvalue weighted by atomic mass is 16.2. The smallest absolute Gasteiger partial charge is 0.321 e. The summed E-state index contributed by atoms with van der Waals surface area (Å²) >= 11 is 0. The van der Waals surface area contributed by atoms with Crippen LogP contribution in [0.5, 0.6) is 0 Å². The van der Waals surface area contributed by atoms with E-state index in [1.807, 2.05) is 48.4 Å². The summed E-state index contributed by atoms with van der Waals surface area (Å²) in [6.07, 6.45) is 6.02. The number of aromatic nitrogens is 4. The molecule has 1 fully saturated rings. The van der Waals surface area contributed by atoms with E-state index in [0.29, 0.717) is 6.54 Å². The Bertz CT molecular complexity index is 941. The van der Waals surface area contributed by atoms with Crippen LogP contribution in [0.4, 0.5) is 16.2 Å². The van der Waals surface area contributed by atoms with Crippen LogP contribution in [0.3, 0.4) is 0 Å². The van der Waals surface area contributed by atoms with Gasteiger partial charge < -0.3 is 15.1 Å². The maximum absolute atomic E-state index is 12.8. The summed E-state index contributed by atoms with van der Waals surface area (Å²) < 4.78 is 1.80. The molecule has 0 radical (unpaired) electrons. The number of amides is 2. The number of hydrogen-bond acceptors (Lipinski definition) is 5. The number of aryl methyl sites for hydroxylation is 1. The highest BCUT2D eigenvalue weighted by molar-refractivity contribution is 5.89. The van der Waals surface area contributed by atoms with E-state index in [4.69, 9.17) is 0 Å². The molecule has 0 spiro atoms. The summed E-state index contributed by atoms with van der Waals surface area (Å²) in [7, 11) is 0. The quantitative estimate of drug-likeness (QED) is 0.759. The van der Waals surface area contributed by atoms with Crippen molar-refractivity contribution in [3.05, 3.63) is 60.9 Å². The number of carbonyl (C=O) groups excluding carboxylic acids is 1. The highest BCUT2D eigenvalue weighted by Crippen LogP contribution is 2.18. The third-order valence-electron chi connectivity index (χ3n) is 4.84. The fourth-order valence-corrected chi connectivity index (χ4v) is 3.39. The SMILES string of the molecule is Cc1cc(N2CCCN(C(=O)Nc3cccc(-n4cnnc4)c3)CC2)ccn1. The molecule has 8 nitrogen and oxygen atoms in total. The molecule has 2 aromatic heterocycles. The van der Waals surface area contributed by atoms with Crippen molar-refractivity contribution in [2.45, 2.75) is 13.3 Å². The number of nitrogens with one attached hydrogen (secondary N) is 1. The molecule has 8 heteroatoms. The zero-order chi connectivity index (χ0) is 19.3. The van der Waals surface area contributed by atoms with Gasteiger partial charge in [-0.25, -0.2) is 4.79 Å². The van der Waals surface area contributed by atoms with Crippen molar-refractivity contribution in [3.63, 3.8) is 0 Å². The molecule has 1 saturated heterocycles. The first kappa shape index (κ1) is 18.0. The number of rotatable bonds is 3. The van der Waals surface area contributed by atoms with Crippen molar-refractivity contribution >= 4 is 17.4 Å². The van der Waals surface area contributed by atoms with Gasteiger partial charge in [0.25, 0.3) is 0 Å². The lowest BCUT2D eigenvalue weighted by Crippen LogP contribution is -2.38. The fourth-order valence-electron chi connectivity index (χ4n) is 3.39. The second-order valence-corrected chi connectivity index (χ2v) is 6.83. The van der Waals surface area contributed by atoms with Crippen LogP contribution in [0, 0.1) is 6.92 Å². The average molecular weight is 377 g/mol. The molecule has 3 aromatic rings. The largest absolute Gasteiger partial charge is 0.370 e. The molecule has 1 N–H and O–H groups in total. The summed E-state index contributed by atoms with van der Waals surface area (Å²) in [4.78, 5) is 21.2. The second kappa shape index (κ2) is 8.08. The molecular formula is C20H23N7O. The Morgan fingerprint density at radius 3 is 2.68 bits per heavy atom. The van der Waals surface area contributed by atoms with Gasteiger partial charge in [0.15, 0.2) is 0 Å². The first-order chi connectivity index (χ1) is 13.7. The molecule has 1 aromatic carbocycles. The van der Waals surface area contributed by atoms with Crippen LogP contribution in [0.25, 0.3) is 5.69 Å². The lowest BCUT2D eigenvalue weighted by molar-refractivity contribution is 0.215. The number of hydrogen-bond donors (Lipinski definition) is 1. The van der Waals surface area contributed by atoms with E-state index in [1.165, 1.54) is 0 Å². The predicted molar refractivity (Wildman–Crippen MR) is 108 cm³/mol. The van der Waals surface area contributed by atoms with E-state index in [1.54, 1.807) is 17.2 Å². The topological polar surface area (TPSA) is 79.2 Å². The number of benzene rings is 1. The van der Waals surface area contributed by atoms with Gasteiger partial charge in [0, 0.05) is 49.4 Å². The molecule has 0 bridgehead atoms. The van der Waals surface area contributed by atoms with Gasteiger partial charge in [0.2, 0.25) is 0 Å². The molecule has 0 atom stereocenters. The summed E-state index contributed by atoms with van der Waals surface area (Å²) in [5.41, 5.74) is 3.82. The summed E-state index contributed by atoms with van der Waals surface area (Å²) in [6, 6.07) is 11.7. The van der Waals surface area contributed by atoms with Gasteiger partial charge in [-0.2, -0.15) is 0 Å². The minimum atomic E-state index is -0.0753. The Hall–Kier alpha value is -3.42. The lowest BCUT2D eigenvalue weighted by atomic mass is 10.2. The third-order valence-corrected chi connectivity index (χ3v) is 4.84. The molecule has 0 aliphatic carbocycles. The Morgan fingerprint density at radius 2 is 1.86 bits per heavy atom. The Labute approximate surface area is 163 Å². The van der Waals surface area contributed by atoms with Gasteiger partial charge >= 0.3 is 6.03 Å². The molecule has 2 amide bonds. The second-order valence-electron chi connectivity index (χ2n) is 6.83. The Kier molecular flexibility index (Phi) is 5.18. The molecule has 144 valence electrons. The summed E-state index contributed by atoms with van der Waals surface area (Å²) in [6.45, 7) is 5.14. The van der Waals surface area contributed by atoms with E-state index in [0.717, 1.165) is 48.8 Å². The van der Waals surface area contributed by atoms with Crippen molar-refractivity contribution < 1.29 is 4.79 Å². The standard InChI is InChI=1S/C20H23N7O/c1-16-12-19(6-7-21-16)25-8-3-9-26(11-10-25)20(28)24-17-4-2-5-18(13-17)27-14-22-23-15-27/h2,4-7,12-15H,3,8-11H2,1H3,(H,24,28). The first-order valence-electron chi connectivity index (χ1n) is 9.38. The number of pyridine rings is 1. The third kappa shape index (κ3) is 4.11. The van der Waals surface area contributed by atoms with Crippen LogP contribution in [0.1, 0.15) is 12.1 Å². The maximum atomic E-state index is 12.8. The molecule has 4 rings (SSSR count). The Balaban J connectivity index is 1.40. The lowest BCUT2D eigenvalue weighted by Gasteiger charge is -2.24. The van der Waals surface area contributed by atoms with Crippen molar-refractivity contribution in [3.8, 4) is 5.69 Å². The van der Waals surface area contributed by atoms with E-state index < -0.39 is 0 Å². The van der Waals surface area contributed by atoms with E-state index in [-0.39, 0.29) is 6.03 Å². The van der Waals surface area contributed by atoms with Crippen molar-refractivity contribution in [1.82, 2.24) is 24.6 Å². The van der Waals surface area contributed by atoms with Crippen molar-refractivity contribution in [1.29, 1.82) is 0 Å². The van der Waals surface area contributed by atoms with Crippen LogP contribution in [0.15, 0.2) is 55.2 Å². The van der Waals surface area contributed by atoms with Gasteiger partial charge in [0.05, 0.1) is 5.69 Å². The fraction of sp³-hybridized carbons (Fsp3) is 0.300. The molecule has 3 heterocycles. The number of nitrogens with zero attached hydrogens (tertiary/aromatic N) is 6. The van der Waals surface area contributed by atoms with Crippen LogP contribution in [-0.4, -0.2) is 56.9 Å². The zero-order valence-corrected chi connectivity index (χ0v) is 15.8. The van der Waals surface area contributed by atoms with Crippen molar-refractivity contribution in [2.24, 2.45) is 0 Å². The highest BCUT2D eigenvalue weighted by Gasteiger charge is 2.19. The monoisotopic (exact) mass is 377 g/mol. The molecular weight excluding hydrogens is 354 g/mol. The number of urea groups is 1. The normalized spacial score (nSPS) is 14.6. The summed E-state index contributed by atoms with van der Waals surface area (Å²) in [5.74, 6) is 0. The number of anilines is 2. The van der Waals surface area contributed by atoms with E-state index in [2.05, 4.69) is 31.5 Å². The number of carbonyl (C=O) groups is 1.